The lowest BCUT2D eigenvalue weighted by Crippen LogP contribution is -2.50. The van der Waals surface area contributed by atoms with Crippen molar-refractivity contribution < 1.29 is 14.7 Å². The minimum Gasteiger partial charge on any atom is -0.393 e. The van der Waals surface area contributed by atoms with Gasteiger partial charge in [-0.15, -0.1) is 0 Å². The molecule has 5 heteroatoms. The van der Waals surface area contributed by atoms with Crippen LogP contribution in [-0.4, -0.2) is 35.6 Å². The molecule has 2 unspecified atom stereocenters. The molecule has 0 aliphatic heterocycles. The minimum absolute atomic E-state index is 0.00808. The fraction of sp³-hybridized carbons (Fsp3) is 0.529. The lowest BCUT2D eigenvalue weighted by Gasteiger charge is -2.22. The molecule has 0 aromatic heterocycles. The van der Waals surface area contributed by atoms with Crippen molar-refractivity contribution in [1.82, 2.24) is 10.6 Å². The van der Waals surface area contributed by atoms with Crippen molar-refractivity contribution >= 4 is 11.8 Å². The van der Waals surface area contributed by atoms with Crippen molar-refractivity contribution in [3.8, 4) is 0 Å². The highest BCUT2D eigenvalue weighted by Crippen LogP contribution is 2.04. The first-order valence-electron chi connectivity index (χ1n) is 7.69. The molecule has 0 saturated carbocycles. The van der Waals surface area contributed by atoms with Crippen LogP contribution in [0.5, 0.6) is 0 Å². The molecular formula is C17H26N2O3. The average Bonchev–Trinajstić information content (AvgIpc) is 2.45. The lowest BCUT2D eigenvalue weighted by molar-refractivity contribution is -0.129. The van der Waals surface area contributed by atoms with E-state index in [0.29, 0.717) is 13.0 Å². The number of benzene rings is 1. The van der Waals surface area contributed by atoms with Crippen molar-refractivity contribution in [2.45, 2.75) is 45.8 Å². The van der Waals surface area contributed by atoms with Gasteiger partial charge in [0.2, 0.25) is 11.8 Å². The SMILES string of the molecule is CC(O)CCNC(=O)C(NC(=O)Cc1ccccc1)C(C)C. The fourth-order valence-corrected chi connectivity index (χ4v) is 2.05. The van der Waals surface area contributed by atoms with E-state index in [0.717, 1.165) is 5.56 Å². The third-order valence-corrected chi connectivity index (χ3v) is 3.33. The van der Waals surface area contributed by atoms with Crippen molar-refractivity contribution in [2.75, 3.05) is 6.54 Å². The predicted molar refractivity (Wildman–Crippen MR) is 86.2 cm³/mol. The Hall–Kier alpha value is -1.88. The first-order valence-corrected chi connectivity index (χ1v) is 7.69. The Balaban J connectivity index is 2.52. The van der Waals surface area contributed by atoms with Crippen LogP contribution in [0.3, 0.4) is 0 Å². The van der Waals surface area contributed by atoms with Gasteiger partial charge in [0, 0.05) is 6.54 Å². The second kappa shape index (κ2) is 9.20. The summed E-state index contributed by atoms with van der Waals surface area (Å²) < 4.78 is 0. The van der Waals surface area contributed by atoms with Gasteiger partial charge < -0.3 is 15.7 Å². The average molecular weight is 306 g/mol. The van der Waals surface area contributed by atoms with Crippen molar-refractivity contribution in [2.24, 2.45) is 5.92 Å². The lowest BCUT2D eigenvalue weighted by atomic mass is 10.0. The van der Waals surface area contributed by atoms with Gasteiger partial charge in [-0.25, -0.2) is 0 Å². The number of hydrogen-bond donors (Lipinski definition) is 3. The fourth-order valence-electron chi connectivity index (χ4n) is 2.05. The summed E-state index contributed by atoms with van der Waals surface area (Å²) in [6.45, 7) is 5.85. The van der Waals surface area contributed by atoms with Gasteiger partial charge in [-0.2, -0.15) is 0 Å². The van der Waals surface area contributed by atoms with Crippen LogP contribution in [0.2, 0.25) is 0 Å². The van der Waals surface area contributed by atoms with Gasteiger partial charge in [-0.3, -0.25) is 9.59 Å². The molecule has 5 nitrogen and oxygen atoms in total. The standard InChI is InChI=1S/C17H26N2O3/c1-12(2)16(17(22)18-10-9-13(3)20)19-15(21)11-14-7-5-4-6-8-14/h4-8,12-13,16,20H,9-11H2,1-3H3,(H,18,22)(H,19,21). The van der Waals surface area contributed by atoms with E-state index in [1.165, 1.54) is 0 Å². The van der Waals surface area contributed by atoms with E-state index >= 15 is 0 Å². The van der Waals surface area contributed by atoms with Crippen LogP contribution < -0.4 is 10.6 Å². The number of aliphatic hydroxyl groups is 1. The largest absolute Gasteiger partial charge is 0.393 e. The Bertz CT molecular complexity index is 472. The Morgan fingerprint density at radius 1 is 1.14 bits per heavy atom. The third kappa shape index (κ3) is 6.72. The number of carbonyl (C=O) groups is 2. The van der Waals surface area contributed by atoms with Crippen LogP contribution in [0.1, 0.15) is 32.8 Å². The molecule has 3 N–H and O–H groups in total. The molecular weight excluding hydrogens is 280 g/mol. The molecule has 122 valence electrons. The van der Waals surface area contributed by atoms with Gasteiger partial charge in [0.1, 0.15) is 6.04 Å². The summed E-state index contributed by atoms with van der Waals surface area (Å²) in [6, 6.07) is 8.86. The molecule has 2 atom stereocenters. The zero-order valence-electron chi connectivity index (χ0n) is 13.5. The van der Waals surface area contributed by atoms with E-state index in [1.807, 2.05) is 44.2 Å². The summed E-state index contributed by atoms with van der Waals surface area (Å²) in [4.78, 5) is 24.2. The molecule has 0 radical (unpaired) electrons. The smallest absolute Gasteiger partial charge is 0.242 e. The molecule has 2 amide bonds. The zero-order chi connectivity index (χ0) is 16.5. The summed E-state index contributed by atoms with van der Waals surface area (Å²) >= 11 is 0. The number of amides is 2. The van der Waals surface area contributed by atoms with Gasteiger partial charge in [-0.1, -0.05) is 44.2 Å². The summed E-state index contributed by atoms with van der Waals surface area (Å²) in [5.41, 5.74) is 0.914. The van der Waals surface area contributed by atoms with Crippen LogP contribution in [0.25, 0.3) is 0 Å². The molecule has 1 rings (SSSR count). The molecule has 1 aromatic rings. The first-order chi connectivity index (χ1) is 10.4. The minimum atomic E-state index is -0.565. The van der Waals surface area contributed by atoms with E-state index in [1.54, 1.807) is 6.92 Å². The highest BCUT2D eigenvalue weighted by molar-refractivity contribution is 5.88. The van der Waals surface area contributed by atoms with E-state index in [4.69, 9.17) is 0 Å². The van der Waals surface area contributed by atoms with Crippen molar-refractivity contribution in [3.63, 3.8) is 0 Å². The van der Waals surface area contributed by atoms with E-state index in [2.05, 4.69) is 10.6 Å². The normalized spacial score (nSPS) is 13.5. The molecule has 0 aliphatic carbocycles. The van der Waals surface area contributed by atoms with Crippen molar-refractivity contribution in [3.05, 3.63) is 35.9 Å². The Kier molecular flexibility index (Phi) is 7.60. The number of hydrogen-bond acceptors (Lipinski definition) is 3. The van der Waals surface area contributed by atoms with Gasteiger partial charge in [0.15, 0.2) is 0 Å². The predicted octanol–water partition coefficient (Wildman–Crippen LogP) is 1.26. The van der Waals surface area contributed by atoms with Crippen molar-refractivity contribution in [1.29, 1.82) is 0 Å². The summed E-state index contributed by atoms with van der Waals surface area (Å²) in [7, 11) is 0. The summed E-state index contributed by atoms with van der Waals surface area (Å²) in [5, 5.41) is 14.7. The van der Waals surface area contributed by atoms with Crippen LogP contribution in [0.15, 0.2) is 30.3 Å². The van der Waals surface area contributed by atoms with Gasteiger partial charge in [0.05, 0.1) is 12.5 Å². The highest BCUT2D eigenvalue weighted by atomic mass is 16.3. The Labute approximate surface area is 132 Å². The summed E-state index contributed by atoms with van der Waals surface area (Å²) in [6.07, 6.45) is 0.296. The monoisotopic (exact) mass is 306 g/mol. The third-order valence-electron chi connectivity index (χ3n) is 3.33. The maximum absolute atomic E-state index is 12.1. The molecule has 0 spiro atoms. The highest BCUT2D eigenvalue weighted by Gasteiger charge is 2.23. The van der Waals surface area contributed by atoms with Gasteiger partial charge in [-0.05, 0) is 24.8 Å². The van der Waals surface area contributed by atoms with E-state index < -0.39 is 12.1 Å². The number of carbonyl (C=O) groups excluding carboxylic acids is 2. The van der Waals surface area contributed by atoms with Crippen LogP contribution >= 0.6 is 0 Å². The molecule has 0 heterocycles. The van der Waals surface area contributed by atoms with E-state index in [-0.39, 0.29) is 24.2 Å². The Morgan fingerprint density at radius 2 is 1.77 bits per heavy atom. The Morgan fingerprint density at radius 3 is 2.32 bits per heavy atom. The molecule has 0 fully saturated rings. The second-order valence-corrected chi connectivity index (χ2v) is 5.88. The molecule has 22 heavy (non-hydrogen) atoms. The maximum Gasteiger partial charge on any atom is 0.242 e. The second-order valence-electron chi connectivity index (χ2n) is 5.88. The van der Waals surface area contributed by atoms with Crippen LogP contribution in [-0.2, 0) is 16.0 Å². The van der Waals surface area contributed by atoms with E-state index in [9.17, 15) is 14.7 Å². The van der Waals surface area contributed by atoms with Crippen LogP contribution in [0.4, 0.5) is 0 Å². The summed E-state index contributed by atoms with van der Waals surface area (Å²) in [5.74, 6) is -0.390. The molecule has 1 aromatic carbocycles. The van der Waals surface area contributed by atoms with Gasteiger partial charge in [0.25, 0.3) is 0 Å². The quantitative estimate of drug-likeness (QED) is 0.676. The first kappa shape index (κ1) is 18.2. The number of nitrogens with one attached hydrogen (secondary N) is 2. The molecule has 0 bridgehead atoms. The van der Waals surface area contributed by atoms with Gasteiger partial charge >= 0.3 is 0 Å². The number of rotatable bonds is 8. The molecule has 0 saturated heterocycles. The van der Waals surface area contributed by atoms with Crippen LogP contribution in [0, 0.1) is 5.92 Å². The molecule has 0 aliphatic rings. The topological polar surface area (TPSA) is 78.4 Å². The zero-order valence-corrected chi connectivity index (χ0v) is 13.5. The maximum atomic E-state index is 12.1. The number of aliphatic hydroxyl groups excluding tert-OH is 1.